The fraction of sp³-hybridized carbons (Fsp3) is 0.435. The lowest BCUT2D eigenvalue weighted by molar-refractivity contribution is 0.0493. The van der Waals surface area contributed by atoms with Crippen LogP contribution in [-0.2, 0) is 17.8 Å². The maximum atomic E-state index is 14.4. The van der Waals surface area contributed by atoms with E-state index in [9.17, 15) is 14.3 Å². The van der Waals surface area contributed by atoms with Crippen LogP contribution in [0.5, 0.6) is 5.75 Å². The fourth-order valence-corrected chi connectivity index (χ4v) is 3.86. The van der Waals surface area contributed by atoms with Gasteiger partial charge in [0.05, 0.1) is 19.8 Å². The summed E-state index contributed by atoms with van der Waals surface area (Å²) in [4.78, 5) is 16.1. The predicted molar refractivity (Wildman–Crippen MR) is 112 cm³/mol. The summed E-state index contributed by atoms with van der Waals surface area (Å²) in [5.74, 6) is -0.111. The van der Waals surface area contributed by atoms with Gasteiger partial charge in [-0.1, -0.05) is 18.2 Å². The zero-order valence-electron chi connectivity index (χ0n) is 17.5. The first-order valence-corrected chi connectivity index (χ1v) is 10.1. The van der Waals surface area contributed by atoms with Crippen LogP contribution in [0.2, 0.25) is 0 Å². The molecule has 1 aliphatic heterocycles. The van der Waals surface area contributed by atoms with E-state index in [0.29, 0.717) is 29.8 Å². The van der Waals surface area contributed by atoms with Gasteiger partial charge in [0.1, 0.15) is 11.6 Å². The molecular weight excluding hydrogens is 387 g/mol. The number of carbonyl (C=O) groups excluding carboxylic acids is 1. The molecule has 162 valence electrons. The first kappa shape index (κ1) is 22.2. The Hall–Kier alpha value is -2.48. The van der Waals surface area contributed by atoms with Crippen LogP contribution >= 0.6 is 0 Å². The number of hydrogen-bond acceptors (Lipinski definition) is 6. The van der Waals surface area contributed by atoms with Gasteiger partial charge in [0, 0.05) is 57.0 Å². The van der Waals surface area contributed by atoms with Crippen LogP contribution in [0.1, 0.15) is 27.9 Å². The van der Waals surface area contributed by atoms with Crippen molar-refractivity contribution < 1.29 is 23.8 Å². The monoisotopic (exact) mass is 416 g/mol. The molecule has 0 unspecified atom stereocenters. The van der Waals surface area contributed by atoms with Crippen LogP contribution < -0.4 is 4.74 Å². The Labute approximate surface area is 176 Å². The van der Waals surface area contributed by atoms with Gasteiger partial charge in [0.2, 0.25) is 0 Å². The van der Waals surface area contributed by atoms with Crippen LogP contribution in [0.25, 0.3) is 0 Å². The Morgan fingerprint density at radius 3 is 2.53 bits per heavy atom. The zero-order chi connectivity index (χ0) is 21.5. The van der Waals surface area contributed by atoms with Crippen molar-refractivity contribution in [1.82, 2.24) is 9.80 Å². The maximum Gasteiger partial charge on any atom is 0.337 e. The second kappa shape index (κ2) is 10.5. The van der Waals surface area contributed by atoms with Gasteiger partial charge in [-0.2, -0.15) is 0 Å². The molecule has 1 fully saturated rings. The number of aliphatic hydroxyl groups excluding tert-OH is 1. The average Bonchev–Trinajstić information content (AvgIpc) is 2.77. The van der Waals surface area contributed by atoms with E-state index in [-0.39, 0.29) is 24.4 Å². The molecule has 1 aliphatic rings. The highest BCUT2D eigenvalue weighted by atomic mass is 19.1. The largest absolute Gasteiger partial charge is 0.497 e. The van der Waals surface area contributed by atoms with Crippen LogP contribution in [0.15, 0.2) is 42.5 Å². The summed E-state index contributed by atoms with van der Waals surface area (Å²) >= 11 is 0. The van der Waals surface area contributed by atoms with Crippen LogP contribution in [0.4, 0.5) is 4.39 Å². The molecule has 30 heavy (non-hydrogen) atoms. The number of aliphatic hydroxyl groups is 1. The number of halogens is 1. The minimum absolute atomic E-state index is 0.0912. The van der Waals surface area contributed by atoms with E-state index in [1.165, 1.54) is 20.3 Å². The Kier molecular flexibility index (Phi) is 7.79. The van der Waals surface area contributed by atoms with Crippen molar-refractivity contribution in [2.75, 3.05) is 40.5 Å². The quantitative estimate of drug-likeness (QED) is 0.668. The molecule has 6 nitrogen and oxygen atoms in total. The summed E-state index contributed by atoms with van der Waals surface area (Å²) in [5.41, 5.74) is 2.27. The Morgan fingerprint density at radius 1 is 1.13 bits per heavy atom. The van der Waals surface area contributed by atoms with Gasteiger partial charge in [-0.3, -0.25) is 9.80 Å². The van der Waals surface area contributed by atoms with Crippen molar-refractivity contribution in [3.8, 4) is 5.75 Å². The summed E-state index contributed by atoms with van der Waals surface area (Å²) in [7, 11) is 2.89. The highest BCUT2D eigenvalue weighted by Crippen LogP contribution is 2.22. The van der Waals surface area contributed by atoms with Crippen molar-refractivity contribution in [3.63, 3.8) is 0 Å². The van der Waals surface area contributed by atoms with Crippen LogP contribution in [-0.4, -0.2) is 67.4 Å². The lowest BCUT2D eigenvalue weighted by Gasteiger charge is -2.41. The molecule has 2 aromatic rings. The predicted octanol–water partition coefficient (Wildman–Crippen LogP) is 2.69. The third-order valence-electron chi connectivity index (χ3n) is 5.57. The summed E-state index contributed by atoms with van der Waals surface area (Å²) < 4.78 is 24.2. The van der Waals surface area contributed by atoms with Gasteiger partial charge in [-0.05, 0) is 30.2 Å². The molecule has 0 saturated carbocycles. The van der Waals surface area contributed by atoms with Crippen molar-refractivity contribution in [3.05, 3.63) is 65.0 Å². The van der Waals surface area contributed by atoms with Crippen LogP contribution in [0, 0.1) is 5.82 Å². The third-order valence-corrected chi connectivity index (χ3v) is 5.57. The normalized spacial score (nSPS) is 17.7. The van der Waals surface area contributed by atoms with E-state index in [4.69, 9.17) is 9.47 Å². The first-order valence-electron chi connectivity index (χ1n) is 10.1. The fourth-order valence-electron chi connectivity index (χ4n) is 3.86. The number of ether oxygens (including phenoxy) is 2. The molecule has 0 radical (unpaired) electrons. The molecule has 1 saturated heterocycles. The minimum Gasteiger partial charge on any atom is -0.497 e. The Morgan fingerprint density at radius 2 is 1.90 bits per heavy atom. The first-order chi connectivity index (χ1) is 14.5. The van der Waals surface area contributed by atoms with Gasteiger partial charge >= 0.3 is 5.97 Å². The molecule has 1 N–H and O–H groups in total. The Balaban J connectivity index is 1.62. The van der Waals surface area contributed by atoms with Gasteiger partial charge in [0.25, 0.3) is 0 Å². The molecule has 7 heteroatoms. The molecule has 2 aromatic carbocycles. The second-order valence-corrected chi connectivity index (χ2v) is 7.52. The molecule has 3 rings (SSSR count). The molecule has 1 atom stereocenters. The van der Waals surface area contributed by atoms with E-state index >= 15 is 0 Å². The van der Waals surface area contributed by atoms with Crippen molar-refractivity contribution in [2.24, 2.45) is 0 Å². The summed E-state index contributed by atoms with van der Waals surface area (Å²) in [6.45, 7) is 3.77. The number of esters is 1. The number of carbonyl (C=O) groups is 1. The number of piperazine rings is 1. The van der Waals surface area contributed by atoms with E-state index in [1.807, 2.05) is 12.1 Å². The smallest absolute Gasteiger partial charge is 0.337 e. The molecule has 1 heterocycles. The maximum absolute atomic E-state index is 14.4. The molecule has 0 aliphatic carbocycles. The lowest BCUT2D eigenvalue weighted by Crippen LogP contribution is -2.52. The number of hydrogen-bond donors (Lipinski definition) is 1. The van der Waals surface area contributed by atoms with E-state index in [2.05, 4.69) is 9.80 Å². The standard InChI is InChI=1S/C23H29FN2O4/c1-29-21-8-7-19(22(24)13-21)15-26-11-10-25(16-20(26)9-12-27)14-17-3-5-18(6-4-17)23(28)30-2/h3-8,13,20,27H,9-12,14-16H2,1-2H3/t20-/m0/s1. The number of nitrogens with zero attached hydrogens (tertiary/aromatic N) is 2. The van der Waals surface area contributed by atoms with Crippen LogP contribution in [0.3, 0.4) is 0 Å². The lowest BCUT2D eigenvalue weighted by atomic mass is 10.1. The van der Waals surface area contributed by atoms with E-state index < -0.39 is 0 Å². The zero-order valence-corrected chi connectivity index (χ0v) is 17.5. The molecule has 0 bridgehead atoms. The summed E-state index contributed by atoms with van der Waals surface area (Å²) in [6.07, 6.45) is 0.634. The van der Waals surface area contributed by atoms with Crippen molar-refractivity contribution in [1.29, 1.82) is 0 Å². The van der Waals surface area contributed by atoms with Gasteiger partial charge in [-0.25, -0.2) is 9.18 Å². The Bertz CT molecular complexity index is 844. The highest BCUT2D eigenvalue weighted by Gasteiger charge is 2.27. The SMILES string of the molecule is COC(=O)c1ccc(CN2CCN(Cc3ccc(OC)cc3F)[C@@H](CCO)C2)cc1. The summed E-state index contributed by atoms with van der Waals surface area (Å²) in [6, 6.07) is 12.5. The molecule has 0 amide bonds. The number of benzene rings is 2. The number of rotatable bonds is 8. The second-order valence-electron chi connectivity index (χ2n) is 7.52. The van der Waals surface area contributed by atoms with Gasteiger partial charge < -0.3 is 14.6 Å². The number of methoxy groups -OCH3 is 2. The third kappa shape index (κ3) is 5.56. The van der Waals surface area contributed by atoms with Gasteiger partial charge in [-0.15, -0.1) is 0 Å². The van der Waals surface area contributed by atoms with E-state index in [1.54, 1.807) is 24.3 Å². The van der Waals surface area contributed by atoms with E-state index in [0.717, 1.165) is 31.7 Å². The van der Waals surface area contributed by atoms with Crippen molar-refractivity contribution >= 4 is 5.97 Å². The molecule has 0 aromatic heterocycles. The minimum atomic E-state index is -0.344. The molecular formula is C23H29FN2O4. The highest BCUT2D eigenvalue weighted by molar-refractivity contribution is 5.89. The topological polar surface area (TPSA) is 62.2 Å². The van der Waals surface area contributed by atoms with Gasteiger partial charge in [0.15, 0.2) is 0 Å². The van der Waals surface area contributed by atoms with Crippen molar-refractivity contribution in [2.45, 2.75) is 25.6 Å². The molecule has 0 spiro atoms. The summed E-state index contributed by atoms with van der Waals surface area (Å²) in [5, 5.41) is 9.53. The average molecular weight is 416 g/mol.